The Morgan fingerprint density at radius 1 is 1.27 bits per heavy atom. The first kappa shape index (κ1) is 8.05. The lowest BCUT2D eigenvalue weighted by Crippen LogP contribution is -1.99. The van der Waals surface area contributed by atoms with E-state index < -0.39 is 0 Å². The van der Waals surface area contributed by atoms with Crippen LogP contribution in [0.15, 0.2) is 12.1 Å². The second kappa shape index (κ2) is 3.37. The number of aryl methyl sites for hydroxylation is 2. The standard InChI is InChI=1S/C9H14N2/c1-3-7-5-6-8(4-2)11-9(7)10/h5-6H,3-4H2,1-2H3,(H2,10,11). The van der Waals surface area contributed by atoms with E-state index in [1.54, 1.807) is 0 Å². The highest BCUT2D eigenvalue weighted by Crippen LogP contribution is 2.10. The molecule has 60 valence electrons. The van der Waals surface area contributed by atoms with Crippen molar-refractivity contribution in [3.63, 3.8) is 0 Å². The van der Waals surface area contributed by atoms with Crippen molar-refractivity contribution in [3.8, 4) is 0 Å². The number of hydrogen-bond donors (Lipinski definition) is 1. The third-order valence-corrected chi connectivity index (χ3v) is 1.81. The predicted octanol–water partition coefficient (Wildman–Crippen LogP) is 1.79. The lowest BCUT2D eigenvalue weighted by Gasteiger charge is -2.02. The zero-order valence-corrected chi connectivity index (χ0v) is 7.09. The Bertz CT molecular complexity index is 243. The summed E-state index contributed by atoms with van der Waals surface area (Å²) in [6, 6.07) is 4.09. The number of nitrogen functional groups attached to an aromatic ring is 1. The van der Waals surface area contributed by atoms with Gasteiger partial charge in [-0.2, -0.15) is 0 Å². The molecule has 0 aromatic carbocycles. The summed E-state index contributed by atoms with van der Waals surface area (Å²) in [5, 5.41) is 0. The maximum absolute atomic E-state index is 5.70. The fourth-order valence-electron chi connectivity index (χ4n) is 1.04. The molecular weight excluding hydrogens is 136 g/mol. The Morgan fingerprint density at radius 3 is 2.45 bits per heavy atom. The van der Waals surface area contributed by atoms with Crippen LogP contribution in [0.1, 0.15) is 25.1 Å². The van der Waals surface area contributed by atoms with Gasteiger partial charge >= 0.3 is 0 Å². The lowest BCUT2D eigenvalue weighted by atomic mass is 10.2. The van der Waals surface area contributed by atoms with Gasteiger partial charge in [0.25, 0.3) is 0 Å². The van der Waals surface area contributed by atoms with Gasteiger partial charge in [0.2, 0.25) is 0 Å². The van der Waals surface area contributed by atoms with Crippen LogP contribution in [0.2, 0.25) is 0 Å². The van der Waals surface area contributed by atoms with E-state index in [4.69, 9.17) is 5.73 Å². The first-order valence-corrected chi connectivity index (χ1v) is 4.02. The number of nitrogens with two attached hydrogens (primary N) is 1. The predicted molar refractivity (Wildman–Crippen MR) is 47.4 cm³/mol. The Hall–Kier alpha value is -1.05. The Labute approximate surface area is 67.5 Å². The largest absolute Gasteiger partial charge is 0.383 e. The molecule has 0 aliphatic rings. The number of nitrogens with zero attached hydrogens (tertiary/aromatic N) is 1. The van der Waals surface area contributed by atoms with Crippen LogP contribution in [-0.4, -0.2) is 4.98 Å². The van der Waals surface area contributed by atoms with Gasteiger partial charge in [0.1, 0.15) is 5.82 Å². The van der Waals surface area contributed by atoms with E-state index in [1.165, 1.54) is 0 Å². The fraction of sp³-hybridized carbons (Fsp3) is 0.444. The molecule has 0 atom stereocenters. The summed E-state index contributed by atoms with van der Waals surface area (Å²) >= 11 is 0. The van der Waals surface area contributed by atoms with Gasteiger partial charge in [-0.1, -0.05) is 19.9 Å². The zero-order valence-electron chi connectivity index (χ0n) is 7.09. The maximum atomic E-state index is 5.70. The average molecular weight is 150 g/mol. The molecule has 0 spiro atoms. The molecule has 0 saturated carbocycles. The third kappa shape index (κ3) is 1.70. The Morgan fingerprint density at radius 2 is 2.00 bits per heavy atom. The van der Waals surface area contributed by atoms with Crippen LogP contribution in [0, 0.1) is 0 Å². The molecule has 0 radical (unpaired) electrons. The molecule has 0 fully saturated rings. The summed E-state index contributed by atoms with van der Waals surface area (Å²) in [7, 11) is 0. The number of hydrogen-bond acceptors (Lipinski definition) is 2. The molecular formula is C9H14N2. The minimum Gasteiger partial charge on any atom is -0.383 e. The van der Waals surface area contributed by atoms with Crippen LogP contribution in [-0.2, 0) is 12.8 Å². The molecule has 1 rings (SSSR count). The molecule has 1 heterocycles. The first-order valence-electron chi connectivity index (χ1n) is 4.02. The van der Waals surface area contributed by atoms with Crippen LogP contribution < -0.4 is 5.73 Å². The number of aromatic nitrogens is 1. The number of pyridine rings is 1. The van der Waals surface area contributed by atoms with Gasteiger partial charge in [0.15, 0.2) is 0 Å². The van der Waals surface area contributed by atoms with Crippen molar-refractivity contribution in [2.24, 2.45) is 0 Å². The van der Waals surface area contributed by atoms with E-state index in [0.29, 0.717) is 5.82 Å². The summed E-state index contributed by atoms with van der Waals surface area (Å²) in [6.07, 6.45) is 1.91. The summed E-state index contributed by atoms with van der Waals surface area (Å²) < 4.78 is 0. The number of anilines is 1. The number of rotatable bonds is 2. The summed E-state index contributed by atoms with van der Waals surface area (Å²) in [5.74, 6) is 0.687. The van der Waals surface area contributed by atoms with Crippen LogP contribution in [0.25, 0.3) is 0 Å². The van der Waals surface area contributed by atoms with Gasteiger partial charge in [-0.3, -0.25) is 0 Å². The summed E-state index contributed by atoms with van der Waals surface area (Å²) in [5.41, 5.74) is 7.91. The van der Waals surface area contributed by atoms with Gasteiger partial charge in [-0.25, -0.2) is 4.98 Å². The Kier molecular flexibility index (Phi) is 2.47. The van der Waals surface area contributed by atoms with E-state index in [2.05, 4.69) is 24.9 Å². The van der Waals surface area contributed by atoms with Crippen molar-refractivity contribution < 1.29 is 0 Å². The van der Waals surface area contributed by atoms with E-state index in [-0.39, 0.29) is 0 Å². The van der Waals surface area contributed by atoms with Crippen molar-refractivity contribution in [3.05, 3.63) is 23.4 Å². The van der Waals surface area contributed by atoms with E-state index in [0.717, 1.165) is 24.1 Å². The van der Waals surface area contributed by atoms with Crippen molar-refractivity contribution in [1.82, 2.24) is 4.98 Å². The van der Waals surface area contributed by atoms with Gasteiger partial charge in [-0.15, -0.1) is 0 Å². The highest BCUT2D eigenvalue weighted by Gasteiger charge is 1.97. The molecule has 2 nitrogen and oxygen atoms in total. The molecule has 0 aliphatic heterocycles. The SMILES string of the molecule is CCc1ccc(CC)c(N)n1. The smallest absolute Gasteiger partial charge is 0.126 e. The monoisotopic (exact) mass is 150 g/mol. The Balaban J connectivity index is 2.99. The average Bonchev–Trinajstić information content (AvgIpc) is 2.04. The molecule has 0 saturated heterocycles. The summed E-state index contributed by atoms with van der Waals surface area (Å²) in [6.45, 7) is 4.16. The van der Waals surface area contributed by atoms with Crippen molar-refractivity contribution >= 4 is 5.82 Å². The minimum atomic E-state index is 0.687. The lowest BCUT2D eigenvalue weighted by molar-refractivity contribution is 1.01. The molecule has 2 heteroatoms. The molecule has 0 unspecified atom stereocenters. The highest BCUT2D eigenvalue weighted by atomic mass is 14.8. The molecule has 2 N–H and O–H groups in total. The quantitative estimate of drug-likeness (QED) is 0.698. The van der Waals surface area contributed by atoms with Crippen molar-refractivity contribution in [2.45, 2.75) is 26.7 Å². The van der Waals surface area contributed by atoms with Crippen molar-refractivity contribution in [2.75, 3.05) is 5.73 Å². The summed E-state index contributed by atoms with van der Waals surface area (Å²) in [4.78, 5) is 4.24. The normalized spacial score (nSPS) is 10.0. The topological polar surface area (TPSA) is 38.9 Å². The van der Waals surface area contributed by atoms with Crippen molar-refractivity contribution in [1.29, 1.82) is 0 Å². The van der Waals surface area contributed by atoms with Crippen LogP contribution >= 0.6 is 0 Å². The molecule has 1 aromatic rings. The molecule has 0 amide bonds. The first-order chi connectivity index (χ1) is 5.27. The van der Waals surface area contributed by atoms with Gasteiger partial charge in [0.05, 0.1) is 0 Å². The van der Waals surface area contributed by atoms with Crippen LogP contribution in [0.5, 0.6) is 0 Å². The van der Waals surface area contributed by atoms with Crippen LogP contribution in [0.4, 0.5) is 5.82 Å². The van der Waals surface area contributed by atoms with E-state index in [9.17, 15) is 0 Å². The van der Waals surface area contributed by atoms with Gasteiger partial charge < -0.3 is 5.73 Å². The second-order valence-corrected chi connectivity index (χ2v) is 2.55. The van der Waals surface area contributed by atoms with Gasteiger partial charge in [0, 0.05) is 5.69 Å². The fourth-order valence-corrected chi connectivity index (χ4v) is 1.04. The van der Waals surface area contributed by atoms with E-state index >= 15 is 0 Å². The second-order valence-electron chi connectivity index (χ2n) is 2.55. The highest BCUT2D eigenvalue weighted by molar-refractivity contribution is 5.40. The third-order valence-electron chi connectivity index (χ3n) is 1.81. The molecule has 11 heavy (non-hydrogen) atoms. The molecule has 0 aliphatic carbocycles. The molecule has 1 aromatic heterocycles. The van der Waals surface area contributed by atoms with Crippen LogP contribution in [0.3, 0.4) is 0 Å². The zero-order chi connectivity index (χ0) is 8.27. The van der Waals surface area contributed by atoms with Gasteiger partial charge in [-0.05, 0) is 24.5 Å². The van der Waals surface area contributed by atoms with E-state index in [1.807, 2.05) is 6.07 Å². The maximum Gasteiger partial charge on any atom is 0.126 e. The molecule has 0 bridgehead atoms. The minimum absolute atomic E-state index is 0.687.